The van der Waals surface area contributed by atoms with Gasteiger partial charge in [-0.1, -0.05) is 13.3 Å². The van der Waals surface area contributed by atoms with E-state index < -0.39 is 10.7 Å². The zero-order valence-electron chi connectivity index (χ0n) is 12.4. The highest BCUT2D eigenvalue weighted by atomic mass is 19.1. The molecule has 1 aromatic carbocycles. The van der Waals surface area contributed by atoms with Crippen molar-refractivity contribution in [3.63, 3.8) is 0 Å². The molecule has 120 valence electrons. The second-order valence-corrected chi connectivity index (χ2v) is 5.34. The molecule has 0 bridgehead atoms. The quantitative estimate of drug-likeness (QED) is 0.669. The Labute approximate surface area is 127 Å². The number of carbonyl (C=O) groups is 1. The van der Waals surface area contributed by atoms with E-state index in [2.05, 4.69) is 5.32 Å². The summed E-state index contributed by atoms with van der Waals surface area (Å²) in [5.74, 6) is -0.771. The van der Waals surface area contributed by atoms with Gasteiger partial charge in [-0.2, -0.15) is 0 Å². The van der Waals surface area contributed by atoms with Gasteiger partial charge in [-0.25, -0.2) is 4.39 Å². The lowest BCUT2D eigenvalue weighted by molar-refractivity contribution is -0.386. The number of nitrogens with one attached hydrogen (secondary N) is 1. The molecule has 1 aliphatic rings. The molecule has 1 aliphatic carbocycles. The van der Waals surface area contributed by atoms with Crippen LogP contribution in [0.15, 0.2) is 18.2 Å². The number of nitro benzene ring substituents is 1. The third kappa shape index (κ3) is 3.93. The van der Waals surface area contributed by atoms with Crippen LogP contribution in [-0.2, 0) is 4.79 Å². The molecule has 2 unspecified atom stereocenters. The predicted octanol–water partition coefficient (Wildman–Crippen LogP) is 2.95. The van der Waals surface area contributed by atoms with Crippen LogP contribution in [0.5, 0.6) is 5.75 Å². The number of nitrogens with zero attached hydrogens (tertiary/aromatic N) is 1. The summed E-state index contributed by atoms with van der Waals surface area (Å²) >= 11 is 0. The van der Waals surface area contributed by atoms with Crippen molar-refractivity contribution in [1.82, 2.24) is 5.32 Å². The lowest BCUT2D eigenvalue weighted by atomic mass is 9.92. The molecule has 6 nitrogen and oxygen atoms in total. The molecule has 0 saturated heterocycles. The minimum absolute atomic E-state index is 0.0887. The number of amides is 1. The Bertz CT molecular complexity index is 564. The Morgan fingerprint density at radius 3 is 2.86 bits per heavy atom. The standard InChI is InChI=1S/C15H19FN2O4/c1-2-15(19)17-11-5-3-4-6-13(11)22-14-9-10(16)7-8-12(14)18(20)21/h7-9,11,13H,2-6H2,1H3,(H,17,19). The molecule has 1 saturated carbocycles. The van der Waals surface area contributed by atoms with E-state index in [-0.39, 0.29) is 29.5 Å². The molecule has 0 radical (unpaired) electrons. The van der Waals surface area contributed by atoms with Gasteiger partial charge in [0.25, 0.3) is 0 Å². The molecule has 0 aromatic heterocycles. The van der Waals surface area contributed by atoms with Gasteiger partial charge in [0.05, 0.1) is 11.0 Å². The summed E-state index contributed by atoms with van der Waals surface area (Å²) in [4.78, 5) is 22.0. The predicted molar refractivity (Wildman–Crippen MR) is 78.2 cm³/mol. The van der Waals surface area contributed by atoms with E-state index in [4.69, 9.17) is 4.74 Å². The molecule has 1 fully saturated rings. The maximum Gasteiger partial charge on any atom is 0.311 e. The highest BCUT2D eigenvalue weighted by molar-refractivity contribution is 5.75. The Hall–Kier alpha value is -2.18. The van der Waals surface area contributed by atoms with Crippen LogP contribution in [-0.4, -0.2) is 23.0 Å². The Morgan fingerprint density at radius 1 is 1.45 bits per heavy atom. The number of hydrogen-bond donors (Lipinski definition) is 1. The molecule has 2 atom stereocenters. The number of ether oxygens (including phenoxy) is 1. The maximum atomic E-state index is 13.4. The number of nitro groups is 1. The van der Waals surface area contributed by atoms with Crippen molar-refractivity contribution in [2.75, 3.05) is 0 Å². The van der Waals surface area contributed by atoms with Gasteiger partial charge in [-0.05, 0) is 25.3 Å². The summed E-state index contributed by atoms with van der Waals surface area (Å²) in [5, 5.41) is 13.9. The van der Waals surface area contributed by atoms with Crippen LogP contribution in [0.1, 0.15) is 39.0 Å². The molecule has 2 rings (SSSR count). The highest BCUT2D eigenvalue weighted by Crippen LogP contribution is 2.31. The van der Waals surface area contributed by atoms with Gasteiger partial charge >= 0.3 is 5.69 Å². The van der Waals surface area contributed by atoms with Crippen molar-refractivity contribution >= 4 is 11.6 Å². The van der Waals surface area contributed by atoms with Gasteiger partial charge in [-0.3, -0.25) is 14.9 Å². The fourth-order valence-corrected chi connectivity index (χ4v) is 2.61. The van der Waals surface area contributed by atoms with Crippen LogP contribution in [0.4, 0.5) is 10.1 Å². The first-order valence-electron chi connectivity index (χ1n) is 7.41. The molecular formula is C15H19FN2O4. The van der Waals surface area contributed by atoms with Gasteiger partial charge in [0, 0.05) is 18.6 Å². The topological polar surface area (TPSA) is 81.5 Å². The van der Waals surface area contributed by atoms with E-state index in [1.165, 1.54) is 0 Å². The summed E-state index contributed by atoms with van der Waals surface area (Å²) in [7, 11) is 0. The average Bonchev–Trinajstić information content (AvgIpc) is 2.49. The van der Waals surface area contributed by atoms with E-state index in [9.17, 15) is 19.3 Å². The first-order valence-corrected chi connectivity index (χ1v) is 7.41. The third-order valence-electron chi connectivity index (χ3n) is 3.77. The fraction of sp³-hybridized carbons (Fsp3) is 0.533. The first-order chi connectivity index (χ1) is 10.5. The third-order valence-corrected chi connectivity index (χ3v) is 3.77. The summed E-state index contributed by atoms with van der Waals surface area (Å²) in [5.41, 5.74) is -0.271. The summed E-state index contributed by atoms with van der Waals surface area (Å²) in [6.45, 7) is 1.76. The second kappa shape index (κ2) is 7.20. The summed E-state index contributed by atoms with van der Waals surface area (Å²) in [6.07, 6.45) is 3.27. The van der Waals surface area contributed by atoms with Gasteiger partial charge in [-0.15, -0.1) is 0 Å². The summed E-state index contributed by atoms with van der Waals surface area (Å²) in [6, 6.07) is 2.94. The van der Waals surface area contributed by atoms with E-state index in [1.54, 1.807) is 6.92 Å². The van der Waals surface area contributed by atoms with Crippen LogP contribution >= 0.6 is 0 Å². The van der Waals surface area contributed by atoms with Crippen LogP contribution in [0.2, 0.25) is 0 Å². The van der Waals surface area contributed by atoms with Crippen LogP contribution in [0.3, 0.4) is 0 Å². The van der Waals surface area contributed by atoms with E-state index in [1.807, 2.05) is 0 Å². The van der Waals surface area contributed by atoms with Gasteiger partial charge in [0.1, 0.15) is 11.9 Å². The minimum Gasteiger partial charge on any atom is -0.481 e. The van der Waals surface area contributed by atoms with Crippen molar-refractivity contribution in [2.24, 2.45) is 0 Å². The molecule has 0 heterocycles. The Balaban J connectivity index is 2.18. The maximum absolute atomic E-state index is 13.4. The minimum atomic E-state index is -0.600. The Morgan fingerprint density at radius 2 is 2.18 bits per heavy atom. The number of carbonyl (C=O) groups excluding carboxylic acids is 1. The SMILES string of the molecule is CCC(=O)NC1CCCCC1Oc1cc(F)ccc1[N+](=O)[O-]. The number of rotatable bonds is 5. The summed E-state index contributed by atoms with van der Waals surface area (Å²) < 4.78 is 19.0. The second-order valence-electron chi connectivity index (χ2n) is 5.34. The molecule has 7 heteroatoms. The van der Waals surface area contributed by atoms with E-state index in [0.717, 1.165) is 37.5 Å². The van der Waals surface area contributed by atoms with Crippen molar-refractivity contribution < 1.29 is 18.8 Å². The van der Waals surface area contributed by atoms with Crippen molar-refractivity contribution in [1.29, 1.82) is 0 Å². The van der Waals surface area contributed by atoms with Crippen molar-refractivity contribution in [2.45, 2.75) is 51.2 Å². The van der Waals surface area contributed by atoms with E-state index in [0.29, 0.717) is 12.8 Å². The number of hydrogen-bond acceptors (Lipinski definition) is 4. The molecule has 0 spiro atoms. The molecule has 0 aliphatic heterocycles. The van der Waals surface area contributed by atoms with Crippen LogP contribution < -0.4 is 10.1 Å². The molecule has 1 aromatic rings. The lowest BCUT2D eigenvalue weighted by Gasteiger charge is -2.32. The largest absolute Gasteiger partial charge is 0.481 e. The van der Waals surface area contributed by atoms with Crippen LogP contribution in [0, 0.1) is 15.9 Å². The monoisotopic (exact) mass is 310 g/mol. The molecular weight excluding hydrogens is 291 g/mol. The van der Waals surface area contributed by atoms with Gasteiger partial charge in [0.2, 0.25) is 5.91 Å². The zero-order chi connectivity index (χ0) is 16.1. The number of benzene rings is 1. The lowest BCUT2D eigenvalue weighted by Crippen LogP contribution is -2.47. The highest BCUT2D eigenvalue weighted by Gasteiger charge is 2.30. The van der Waals surface area contributed by atoms with Gasteiger partial charge < -0.3 is 10.1 Å². The van der Waals surface area contributed by atoms with Gasteiger partial charge in [0.15, 0.2) is 5.75 Å². The molecule has 22 heavy (non-hydrogen) atoms. The molecule has 1 N–H and O–H groups in total. The smallest absolute Gasteiger partial charge is 0.311 e. The van der Waals surface area contributed by atoms with Crippen LogP contribution in [0.25, 0.3) is 0 Å². The van der Waals surface area contributed by atoms with Crippen molar-refractivity contribution in [3.05, 3.63) is 34.1 Å². The molecule has 1 amide bonds. The zero-order valence-corrected chi connectivity index (χ0v) is 12.4. The first kappa shape index (κ1) is 16.2. The van der Waals surface area contributed by atoms with E-state index >= 15 is 0 Å². The average molecular weight is 310 g/mol. The normalized spacial score (nSPS) is 21.2. The number of halogens is 1. The fourth-order valence-electron chi connectivity index (χ4n) is 2.61. The van der Waals surface area contributed by atoms with Crippen molar-refractivity contribution in [3.8, 4) is 5.75 Å². The Kier molecular flexibility index (Phi) is 5.30.